The van der Waals surface area contributed by atoms with E-state index in [2.05, 4.69) is 35.9 Å². The van der Waals surface area contributed by atoms with E-state index < -0.39 is 0 Å². The van der Waals surface area contributed by atoms with Gasteiger partial charge in [0.25, 0.3) is 0 Å². The fraction of sp³-hybridized carbons (Fsp3) is 0.941. The molecule has 1 N–H and O–H groups in total. The third-order valence-corrected chi connectivity index (χ3v) is 5.11. The van der Waals surface area contributed by atoms with Crippen molar-refractivity contribution >= 4 is 5.91 Å². The zero-order valence-corrected chi connectivity index (χ0v) is 14.1. The summed E-state index contributed by atoms with van der Waals surface area (Å²) in [5.74, 6) is 0.339. The van der Waals surface area contributed by atoms with Crippen molar-refractivity contribution in [3.8, 4) is 0 Å². The summed E-state index contributed by atoms with van der Waals surface area (Å²) in [5, 5.41) is 3.41. The predicted molar refractivity (Wildman–Crippen MR) is 87.4 cm³/mol. The number of amides is 1. The topological polar surface area (TPSA) is 35.6 Å². The number of nitrogens with one attached hydrogen (secondary N) is 1. The lowest BCUT2D eigenvalue weighted by molar-refractivity contribution is -0.138. The average molecular weight is 295 g/mol. The minimum absolute atomic E-state index is 0.320. The van der Waals surface area contributed by atoms with Crippen LogP contribution < -0.4 is 5.32 Å². The molecule has 1 amide bonds. The molecule has 0 aromatic heterocycles. The Hall–Kier alpha value is -0.610. The molecule has 2 fully saturated rings. The summed E-state index contributed by atoms with van der Waals surface area (Å²) in [6.07, 6.45) is 7.47. The predicted octanol–water partition coefficient (Wildman–Crippen LogP) is 2.24. The standard InChI is InChI=1S/C17H33N3O/c1-4-19(16-10-11-18-12-16)13-17(21)20(14(2)3)15-8-6-5-7-9-15/h14-16,18H,4-13H2,1-3H3. The summed E-state index contributed by atoms with van der Waals surface area (Å²) < 4.78 is 0. The van der Waals surface area contributed by atoms with Crippen molar-refractivity contribution in [2.24, 2.45) is 0 Å². The van der Waals surface area contributed by atoms with Crippen LogP contribution in [-0.2, 0) is 4.79 Å². The van der Waals surface area contributed by atoms with Crippen molar-refractivity contribution in [1.82, 2.24) is 15.1 Å². The Bertz CT molecular complexity index is 320. The summed E-state index contributed by atoms with van der Waals surface area (Å²) in [7, 11) is 0. The number of rotatable bonds is 6. The molecule has 4 heteroatoms. The second-order valence-corrected chi connectivity index (χ2v) is 6.90. The molecule has 0 radical (unpaired) electrons. The maximum atomic E-state index is 12.9. The first-order valence-electron chi connectivity index (χ1n) is 8.89. The second-order valence-electron chi connectivity index (χ2n) is 6.90. The van der Waals surface area contributed by atoms with Gasteiger partial charge in [-0.3, -0.25) is 9.69 Å². The molecule has 0 aromatic rings. The number of hydrogen-bond donors (Lipinski definition) is 1. The van der Waals surface area contributed by atoms with Gasteiger partial charge < -0.3 is 10.2 Å². The summed E-state index contributed by atoms with van der Waals surface area (Å²) in [6, 6.07) is 1.34. The molecule has 1 saturated carbocycles. The van der Waals surface area contributed by atoms with Crippen LogP contribution in [-0.4, -0.2) is 60.0 Å². The molecule has 1 unspecified atom stereocenters. The molecule has 2 aliphatic rings. The van der Waals surface area contributed by atoms with E-state index in [0.29, 0.717) is 30.6 Å². The van der Waals surface area contributed by atoms with Gasteiger partial charge in [-0.2, -0.15) is 0 Å². The van der Waals surface area contributed by atoms with Gasteiger partial charge in [0.15, 0.2) is 0 Å². The molecule has 1 aliphatic heterocycles. The van der Waals surface area contributed by atoms with Gasteiger partial charge >= 0.3 is 0 Å². The Morgan fingerprint density at radius 2 is 1.86 bits per heavy atom. The quantitative estimate of drug-likeness (QED) is 0.816. The number of hydrogen-bond acceptors (Lipinski definition) is 3. The van der Waals surface area contributed by atoms with Crippen LogP contribution >= 0.6 is 0 Å². The van der Waals surface area contributed by atoms with Gasteiger partial charge in [-0.05, 0) is 46.2 Å². The first-order valence-corrected chi connectivity index (χ1v) is 8.89. The summed E-state index contributed by atoms with van der Waals surface area (Å²) in [5.41, 5.74) is 0. The van der Waals surface area contributed by atoms with Gasteiger partial charge in [0.2, 0.25) is 5.91 Å². The second kappa shape index (κ2) is 8.14. The van der Waals surface area contributed by atoms with Crippen LogP contribution in [0.3, 0.4) is 0 Å². The van der Waals surface area contributed by atoms with Gasteiger partial charge in [0.05, 0.1) is 6.54 Å². The van der Waals surface area contributed by atoms with Crippen LogP contribution in [0.25, 0.3) is 0 Å². The lowest BCUT2D eigenvalue weighted by Gasteiger charge is -2.39. The van der Waals surface area contributed by atoms with E-state index in [9.17, 15) is 4.79 Å². The van der Waals surface area contributed by atoms with E-state index in [0.717, 1.165) is 19.6 Å². The van der Waals surface area contributed by atoms with Crippen molar-refractivity contribution in [3.05, 3.63) is 0 Å². The number of carbonyl (C=O) groups excluding carboxylic acids is 1. The lowest BCUT2D eigenvalue weighted by Crippen LogP contribution is -2.51. The first kappa shape index (κ1) is 16.8. The van der Waals surface area contributed by atoms with Gasteiger partial charge in [-0.15, -0.1) is 0 Å². The molecule has 1 heterocycles. The van der Waals surface area contributed by atoms with E-state index in [4.69, 9.17) is 0 Å². The monoisotopic (exact) mass is 295 g/mol. The average Bonchev–Trinajstić information content (AvgIpc) is 2.99. The molecule has 0 bridgehead atoms. The minimum Gasteiger partial charge on any atom is -0.336 e. The van der Waals surface area contributed by atoms with Crippen molar-refractivity contribution in [2.75, 3.05) is 26.2 Å². The molecule has 21 heavy (non-hydrogen) atoms. The van der Waals surface area contributed by atoms with Crippen molar-refractivity contribution < 1.29 is 4.79 Å². The molecule has 1 saturated heterocycles. The molecule has 0 aromatic carbocycles. The maximum Gasteiger partial charge on any atom is 0.237 e. The van der Waals surface area contributed by atoms with Gasteiger partial charge in [0, 0.05) is 24.7 Å². The molecule has 4 nitrogen and oxygen atoms in total. The van der Waals surface area contributed by atoms with Crippen LogP contribution in [0.2, 0.25) is 0 Å². The maximum absolute atomic E-state index is 12.9. The minimum atomic E-state index is 0.320. The van der Waals surface area contributed by atoms with Crippen LogP contribution in [0.1, 0.15) is 59.3 Å². The first-order chi connectivity index (χ1) is 10.1. The molecule has 2 rings (SSSR count). The Balaban J connectivity index is 1.96. The van der Waals surface area contributed by atoms with Crippen molar-refractivity contribution in [3.63, 3.8) is 0 Å². The smallest absolute Gasteiger partial charge is 0.237 e. The highest BCUT2D eigenvalue weighted by Gasteiger charge is 2.30. The number of nitrogens with zero attached hydrogens (tertiary/aromatic N) is 2. The van der Waals surface area contributed by atoms with Crippen LogP contribution in [0, 0.1) is 0 Å². The van der Waals surface area contributed by atoms with E-state index in [1.54, 1.807) is 0 Å². The highest BCUT2D eigenvalue weighted by atomic mass is 16.2. The zero-order valence-electron chi connectivity index (χ0n) is 14.1. The lowest BCUT2D eigenvalue weighted by atomic mass is 9.93. The fourth-order valence-electron chi connectivity index (χ4n) is 3.98. The number of likely N-dealkylation sites (N-methyl/N-ethyl adjacent to an activating group) is 1. The van der Waals surface area contributed by atoms with E-state index >= 15 is 0 Å². The highest BCUT2D eigenvalue weighted by Crippen LogP contribution is 2.24. The largest absolute Gasteiger partial charge is 0.336 e. The Morgan fingerprint density at radius 1 is 1.14 bits per heavy atom. The normalized spacial score (nSPS) is 24.0. The van der Waals surface area contributed by atoms with E-state index in [-0.39, 0.29) is 0 Å². The summed E-state index contributed by atoms with van der Waals surface area (Å²) in [6.45, 7) is 10.2. The molecule has 0 spiro atoms. The third kappa shape index (κ3) is 4.43. The fourth-order valence-corrected chi connectivity index (χ4v) is 3.98. The molecular formula is C17H33N3O. The highest BCUT2D eigenvalue weighted by molar-refractivity contribution is 5.79. The SMILES string of the molecule is CCN(CC(=O)N(C(C)C)C1CCCCC1)C1CCNC1. The molecule has 1 aliphatic carbocycles. The summed E-state index contributed by atoms with van der Waals surface area (Å²) >= 11 is 0. The van der Waals surface area contributed by atoms with E-state index in [1.807, 2.05) is 0 Å². The third-order valence-electron chi connectivity index (χ3n) is 5.11. The van der Waals surface area contributed by atoms with Crippen LogP contribution in [0.4, 0.5) is 0 Å². The van der Waals surface area contributed by atoms with Gasteiger partial charge in [-0.25, -0.2) is 0 Å². The molecule has 1 atom stereocenters. The zero-order chi connectivity index (χ0) is 15.2. The van der Waals surface area contributed by atoms with Crippen LogP contribution in [0.5, 0.6) is 0 Å². The molecular weight excluding hydrogens is 262 g/mol. The molecule has 122 valence electrons. The van der Waals surface area contributed by atoms with Gasteiger partial charge in [0.1, 0.15) is 0 Å². The van der Waals surface area contributed by atoms with E-state index in [1.165, 1.54) is 38.5 Å². The van der Waals surface area contributed by atoms with Crippen LogP contribution in [0.15, 0.2) is 0 Å². The Labute approximate surface area is 130 Å². The number of carbonyl (C=O) groups is 1. The van der Waals surface area contributed by atoms with Gasteiger partial charge in [-0.1, -0.05) is 26.2 Å². The Morgan fingerprint density at radius 3 is 2.38 bits per heavy atom. The van der Waals surface area contributed by atoms with Crippen molar-refractivity contribution in [2.45, 2.75) is 77.4 Å². The van der Waals surface area contributed by atoms with Crippen molar-refractivity contribution in [1.29, 1.82) is 0 Å². The Kier molecular flexibility index (Phi) is 6.49. The summed E-state index contributed by atoms with van der Waals surface area (Å²) in [4.78, 5) is 17.4.